The Morgan fingerprint density at radius 3 is 2.48 bits per heavy atom. The Morgan fingerprint density at radius 1 is 0.905 bits per heavy atom. The van der Waals surface area contributed by atoms with Gasteiger partial charge in [0.15, 0.2) is 0 Å². The number of hydrogen-bond acceptors (Lipinski definition) is 1. The van der Waals surface area contributed by atoms with Crippen molar-refractivity contribution in [2.75, 3.05) is 11.9 Å². The molecule has 0 fully saturated rings. The lowest BCUT2D eigenvalue weighted by Crippen LogP contribution is -2.20. The Morgan fingerprint density at radius 2 is 1.67 bits per heavy atom. The van der Waals surface area contributed by atoms with E-state index in [1.807, 2.05) is 0 Å². The van der Waals surface area contributed by atoms with Crippen molar-refractivity contribution in [2.24, 2.45) is 10.8 Å². The maximum atomic E-state index is 3.71. The van der Waals surface area contributed by atoms with Gasteiger partial charge in [-0.1, -0.05) is 64.1 Å². The molecule has 108 valence electrons. The zero-order valence-corrected chi connectivity index (χ0v) is 13.4. The van der Waals surface area contributed by atoms with Crippen LogP contribution in [-0.2, 0) is 0 Å². The van der Waals surface area contributed by atoms with E-state index in [-0.39, 0.29) is 5.41 Å². The minimum absolute atomic E-state index is 0.262. The molecular formula is C20H23N. The van der Waals surface area contributed by atoms with Crippen LogP contribution >= 0.6 is 0 Å². The summed E-state index contributed by atoms with van der Waals surface area (Å²) in [6, 6.07) is 13.3. The molecule has 0 radical (unpaired) electrons. The quantitative estimate of drug-likeness (QED) is 0.672. The van der Waals surface area contributed by atoms with Gasteiger partial charge in [0.1, 0.15) is 0 Å². The van der Waals surface area contributed by atoms with E-state index in [9.17, 15) is 0 Å². The van der Waals surface area contributed by atoms with E-state index in [1.54, 1.807) is 11.1 Å². The average molecular weight is 277 g/mol. The number of fused-ring (bicyclic) bond motifs is 4. The van der Waals surface area contributed by atoms with Gasteiger partial charge in [-0.25, -0.2) is 0 Å². The molecule has 0 unspecified atom stereocenters. The standard InChI is InChI=1S/C20H23N/c1-19(2)12-20(3,4)17-15-10-9-13-7-5-6-8-14(13)18(15)21-11-16(17)19/h5-10,21H,11-12H2,1-4H3. The number of rotatable bonds is 0. The van der Waals surface area contributed by atoms with Crippen molar-refractivity contribution in [1.29, 1.82) is 0 Å². The maximum Gasteiger partial charge on any atom is 0.0499 e. The van der Waals surface area contributed by atoms with E-state index in [1.165, 1.54) is 28.4 Å². The number of anilines is 1. The molecule has 1 aliphatic heterocycles. The van der Waals surface area contributed by atoms with Crippen LogP contribution < -0.4 is 5.32 Å². The molecular weight excluding hydrogens is 254 g/mol. The summed E-state index contributed by atoms with van der Waals surface area (Å²) in [5, 5.41) is 6.38. The highest BCUT2D eigenvalue weighted by Gasteiger charge is 2.46. The average Bonchev–Trinajstić information content (AvgIpc) is 2.63. The molecule has 2 aromatic rings. The molecule has 0 atom stereocenters. The summed E-state index contributed by atoms with van der Waals surface area (Å²) in [5.74, 6) is 0. The molecule has 0 spiro atoms. The minimum atomic E-state index is 0.262. The summed E-state index contributed by atoms with van der Waals surface area (Å²) in [7, 11) is 0. The zero-order chi connectivity index (χ0) is 14.8. The highest BCUT2D eigenvalue weighted by atomic mass is 14.9. The lowest BCUT2D eigenvalue weighted by atomic mass is 9.78. The zero-order valence-electron chi connectivity index (χ0n) is 13.4. The molecule has 21 heavy (non-hydrogen) atoms. The van der Waals surface area contributed by atoms with Gasteiger partial charge in [-0.15, -0.1) is 0 Å². The van der Waals surface area contributed by atoms with Crippen LogP contribution in [0.1, 0.15) is 39.7 Å². The minimum Gasteiger partial charge on any atom is -0.380 e. The second-order valence-electron chi connectivity index (χ2n) is 7.86. The van der Waals surface area contributed by atoms with Crippen molar-refractivity contribution in [1.82, 2.24) is 0 Å². The highest BCUT2D eigenvalue weighted by Crippen LogP contribution is 2.59. The van der Waals surface area contributed by atoms with Crippen LogP contribution in [0.2, 0.25) is 0 Å². The molecule has 0 saturated heterocycles. The third kappa shape index (κ3) is 1.70. The second kappa shape index (κ2) is 3.91. The first-order valence-electron chi connectivity index (χ1n) is 7.90. The van der Waals surface area contributed by atoms with Gasteiger partial charge in [-0.2, -0.15) is 0 Å². The molecule has 2 aliphatic rings. The second-order valence-corrected chi connectivity index (χ2v) is 7.86. The first-order chi connectivity index (χ1) is 9.90. The normalized spacial score (nSPS) is 21.9. The Bertz CT molecular complexity index is 778. The summed E-state index contributed by atoms with van der Waals surface area (Å²) in [6.07, 6.45) is 1.23. The van der Waals surface area contributed by atoms with Crippen LogP contribution in [-0.4, -0.2) is 6.54 Å². The van der Waals surface area contributed by atoms with Crippen LogP contribution in [0.3, 0.4) is 0 Å². The van der Waals surface area contributed by atoms with E-state index in [0.29, 0.717) is 5.41 Å². The van der Waals surface area contributed by atoms with E-state index >= 15 is 0 Å². The van der Waals surface area contributed by atoms with Gasteiger partial charge >= 0.3 is 0 Å². The summed E-state index contributed by atoms with van der Waals surface area (Å²) < 4.78 is 0. The van der Waals surface area contributed by atoms with Gasteiger partial charge in [0.2, 0.25) is 0 Å². The fourth-order valence-electron chi connectivity index (χ4n) is 4.75. The van der Waals surface area contributed by atoms with Gasteiger partial charge in [0, 0.05) is 23.2 Å². The first kappa shape index (κ1) is 12.9. The molecule has 1 aliphatic carbocycles. The molecule has 0 aromatic heterocycles. The first-order valence-corrected chi connectivity index (χ1v) is 7.90. The molecule has 1 heterocycles. The third-order valence-electron chi connectivity index (χ3n) is 5.32. The number of benzene rings is 2. The largest absolute Gasteiger partial charge is 0.380 e. The Kier molecular flexibility index (Phi) is 2.41. The monoisotopic (exact) mass is 277 g/mol. The fourth-order valence-corrected chi connectivity index (χ4v) is 4.75. The van der Waals surface area contributed by atoms with Gasteiger partial charge in [0.25, 0.3) is 0 Å². The lowest BCUT2D eigenvalue weighted by Gasteiger charge is -2.30. The topological polar surface area (TPSA) is 12.0 Å². The van der Waals surface area contributed by atoms with Crippen LogP contribution in [0.5, 0.6) is 0 Å². The van der Waals surface area contributed by atoms with Crippen molar-refractivity contribution < 1.29 is 0 Å². The van der Waals surface area contributed by atoms with Crippen molar-refractivity contribution >= 4 is 22.0 Å². The molecule has 4 rings (SSSR count). The van der Waals surface area contributed by atoms with Gasteiger partial charge in [-0.05, 0) is 33.8 Å². The molecule has 1 nitrogen and oxygen atoms in total. The number of hydrogen-bond donors (Lipinski definition) is 1. The third-order valence-corrected chi connectivity index (χ3v) is 5.32. The summed E-state index contributed by atoms with van der Waals surface area (Å²) in [4.78, 5) is 0. The van der Waals surface area contributed by atoms with Crippen LogP contribution in [0, 0.1) is 10.8 Å². The molecule has 1 heteroatoms. The maximum absolute atomic E-state index is 3.71. The molecule has 0 bridgehead atoms. The molecule has 0 saturated carbocycles. The van der Waals surface area contributed by atoms with Crippen molar-refractivity contribution in [2.45, 2.75) is 34.1 Å². The summed E-state index contributed by atoms with van der Waals surface area (Å²) >= 11 is 0. The fraction of sp³-hybridized carbons (Fsp3) is 0.400. The number of nitrogens with one attached hydrogen (secondary N) is 1. The summed E-state index contributed by atoms with van der Waals surface area (Å²) in [5.41, 5.74) is 6.51. The smallest absolute Gasteiger partial charge is 0.0499 e. The predicted molar refractivity (Wildman–Crippen MR) is 91.5 cm³/mol. The van der Waals surface area contributed by atoms with Crippen molar-refractivity contribution in [3.8, 4) is 0 Å². The van der Waals surface area contributed by atoms with E-state index in [2.05, 4.69) is 69.4 Å². The highest BCUT2D eigenvalue weighted by molar-refractivity contribution is 6.02. The van der Waals surface area contributed by atoms with E-state index < -0.39 is 0 Å². The van der Waals surface area contributed by atoms with Crippen LogP contribution in [0.25, 0.3) is 16.3 Å². The summed E-state index contributed by atoms with van der Waals surface area (Å²) in [6.45, 7) is 10.6. The Hall–Kier alpha value is -1.76. The van der Waals surface area contributed by atoms with Crippen molar-refractivity contribution in [3.05, 3.63) is 47.5 Å². The van der Waals surface area contributed by atoms with Crippen molar-refractivity contribution in [3.63, 3.8) is 0 Å². The SMILES string of the molecule is CC1(C)CC(C)(C)C2=C1CNc1c2ccc2ccccc12. The number of allylic oxidation sites excluding steroid dienone is 1. The van der Waals surface area contributed by atoms with Gasteiger partial charge in [-0.3, -0.25) is 0 Å². The predicted octanol–water partition coefficient (Wildman–Crippen LogP) is 5.48. The Labute approximate surface area is 127 Å². The molecule has 0 amide bonds. The van der Waals surface area contributed by atoms with E-state index in [0.717, 1.165) is 6.54 Å². The van der Waals surface area contributed by atoms with E-state index in [4.69, 9.17) is 0 Å². The van der Waals surface area contributed by atoms with Crippen LogP contribution in [0.15, 0.2) is 42.0 Å². The Balaban J connectivity index is 2.04. The lowest BCUT2D eigenvalue weighted by molar-refractivity contribution is 0.329. The van der Waals surface area contributed by atoms with Gasteiger partial charge in [0.05, 0.1) is 0 Å². The molecule has 1 N–H and O–H groups in total. The van der Waals surface area contributed by atoms with Crippen LogP contribution in [0.4, 0.5) is 5.69 Å². The van der Waals surface area contributed by atoms with Gasteiger partial charge < -0.3 is 5.32 Å². The molecule has 2 aromatic carbocycles.